The third kappa shape index (κ3) is 1.82. The second kappa shape index (κ2) is 4.49. The highest BCUT2D eigenvalue weighted by Crippen LogP contribution is 2.62. The van der Waals surface area contributed by atoms with E-state index in [0.717, 1.165) is 28.5 Å². The van der Waals surface area contributed by atoms with Crippen LogP contribution in [0.3, 0.4) is 0 Å². The first-order valence-electron chi connectivity index (χ1n) is 7.54. The van der Waals surface area contributed by atoms with Gasteiger partial charge >= 0.3 is 0 Å². The Morgan fingerprint density at radius 1 is 1.05 bits per heavy atom. The summed E-state index contributed by atoms with van der Waals surface area (Å²) in [5.41, 5.74) is 1.07. The van der Waals surface area contributed by atoms with Crippen molar-refractivity contribution in [1.29, 1.82) is 0 Å². The van der Waals surface area contributed by atoms with Crippen LogP contribution >= 0.6 is 0 Å². The van der Waals surface area contributed by atoms with Crippen LogP contribution in [-0.2, 0) is 0 Å². The van der Waals surface area contributed by atoms with E-state index >= 15 is 0 Å². The minimum atomic E-state index is -0.281. The van der Waals surface area contributed by atoms with Gasteiger partial charge in [0, 0.05) is 0 Å². The summed E-state index contributed by atoms with van der Waals surface area (Å²) in [4.78, 5) is 0. The molecule has 0 aliphatic heterocycles. The van der Waals surface area contributed by atoms with Gasteiger partial charge in [0.2, 0.25) is 0 Å². The highest BCUT2D eigenvalue weighted by molar-refractivity contribution is 5.84. The normalized spacial score (nSPS) is 29.2. The summed E-state index contributed by atoms with van der Waals surface area (Å²) in [6.45, 7) is 0. The molecule has 0 spiro atoms. The number of aliphatic hydroxyl groups excluding tert-OH is 1. The van der Waals surface area contributed by atoms with E-state index in [4.69, 9.17) is 4.74 Å². The second-order valence-corrected chi connectivity index (χ2v) is 6.25. The monoisotopic (exact) mass is 268 g/mol. The molecule has 3 atom stereocenters. The van der Waals surface area contributed by atoms with Crippen LogP contribution in [0.1, 0.15) is 30.9 Å². The van der Waals surface area contributed by atoms with E-state index in [2.05, 4.69) is 24.3 Å². The SMILES string of the molecule is COc1ccc2cc(C(O)C3C4CCCC43)ccc2c1. The first-order valence-corrected chi connectivity index (χ1v) is 7.54. The fraction of sp³-hybridized carbons (Fsp3) is 0.444. The molecule has 1 N–H and O–H groups in total. The van der Waals surface area contributed by atoms with E-state index < -0.39 is 0 Å². The molecular weight excluding hydrogens is 248 g/mol. The van der Waals surface area contributed by atoms with Crippen molar-refractivity contribution < 1.29 is 9.84 Å². The fourth-order valence-electron chi connectivity index (χ4n) is 4.12. The number of hydrogen-bond acceptors (Lipinski definition) is 2. The van der Waals surface area contributed by atoms with E-state index in [9.17, 15) is 5.11 Å². The zero-order valence-electron chi connectivity index (χ0n) is 11.8. The molecule has 2 aromatic rings. The minimum absolute atomic E-state index is 0.281. The summed E-state index contributed by atoms with van der Waals surface area (Å²) in [6.07, 6.45) is 3.71. The van der Waals surface area contributed by atoms with E-state index in [1.165, 1.54) is 24.6 Å². The summed E-state index contributed by atoms with van der Waals surface area (Å²) in [6, 6.07) is 12.4. The largest absolute Gasteiger partial charge is 0.497 e. The zero-order chi connectivity index (χ0) is 13.7. The topological polar surface area (TPSA) is 29.5 Å². The number of fused-ring (bicyclic) bond motifs is 2. The van der Waals surface area contributed by atoms with Gasteiger partial charge in [0.15, 0.2) is 0 Å². The molecule has 0 amide bonds. The molecule has 2 saturated carbocycles. The third-order valence-corrected chi connectivity index (χ3v) is 5.25. The van der Waals surface area contributed by atoms with Crippen LogP contribution in [0, 0.1) is 17.8 Å². The number of aliphatic hydroxyl groups is 1. The lowest BCUT2D eigenvalue weighted by Gasteiger charge is -2.14. The number of ether oxygens (including phenoxy) is 1. The van der Waals surface area contributed by atoms with Crippen molar-refractivity contribution in [2.75, 3.05) is 7.11 Å². The Morgan fingerprint density at radius 2 is 1.75 bits per heavy atom. The van der Waals surface area contributed by atoms with E-state index in [1.807, 2.05) is 12.1 Å². The van der Waals surface area contributed by atoms with Crippen molar-refractivity contribution in [2.24, 2.45) is 17.8 Å². The lowest BCUT2D eigenvalue weighted by atomic mass is 9.97. The molecule has 2 aliphatic carbocycles. The molecule has 104 valence electrons. The number of hydrogen-bond donors (Lipinski definition) is 1. The molecule has 0 radical (unpaired) electrons. The predicted octanol–water partition coefficient (Wildman–Crippen LogP) is 3.93. The number of rotatable bonds is 3. The molecule has 2 aromatic carbocycles. The third-order valence-electron chi connectivity index (χ3n) is 5.25. The standard InChI is InChI=1S/C18H20O2/c1-20-14-8-7-11-9-13(6-5-12(11)10-14)18(19)17-15-3-2-4-16(15)17/h5-10,15-19H,2-4H2,1H3. The van der Waals surface area contributed by atoms with Crippen LogP contribution in [0.4, 0.5) is 0 Å². The molecule has 0 aromatic heterocycles. The van der Waals surface area contributed by atoms with Gasteiger partial charge in [-0.15, -0.1) is 0 Å². The molecule has 0 bridgehead atoms. The summed E-state index contributed by atoms with van der Waals surface area (Å²) < 4.78 is 5.25. The molecule has 20 heavy (non-hydrogen) atoms. The minimum Gasteiger partial charge on any atom is -0.497 e. The molecule has 2 nitrogen and oxygen atoms in total. The average molecular weight is 268 g/mol. The Kier molecular flexibility index (Phi) is 2.74. The van der Waals surface area contributed by atoms with Crippen LogP contribution < -0.4 is 4.74 Å². The molecule has 3 unspecified atom stereocenters. The number of methoxy groups -OCH3 is 1. The molecule has 2 aliphatic rings. The molecule has 2 fully saturated rings. The summed E-state index contributed by atoms with van der Waals surface area (Å²) in [5, 5.41) is 12.9. The van der Waals surface area contributed by atoms with Crippen LogP contribution in [0.5, 0.6) is 5.75 Å². The summed E-state index contributed by atoms with van der Waals surface area (Å²) in [7, 11) is 1.69. The predicted molar refractivity (Wildman–Crippen MR) is 79.8 cm³/mol. The van der Waals surface area contributed by atoms with E-state index in [0.29, 0.717) is 5.92 Å². The van der Waals surface area contributed by atoms with Crippen LogP contribution in [-0.4, -0.2) is 12.2 Å². The lowest BCUT2D eigenvalue weighted by Crippen LogP contribution is -2.04. The van der Waals surface area contributed by atoms with Gasteiger partial charge in [0.25, 0.3) is 0 Å². The fourth-order valence-corrected chi connectivity index (χ4v) is 4.12. The molecule has 0 saturated heterocycles. The molecule has 0 heterocycles. The highest BCUT2D eigenvalue weighted by Gasteiger charge is 2.55. The van der Waals surface area contributed by atoms with Crippen molar-refractivity contribution in [1.82, 2.24) is 0 Å². The van der Waals surface area contributed by atoms with Gasteiger partial charge < -0.3 is 9.84 Å². The Labute approximate surface area is 119 Å². The summed E-state index contributed by atoms with van der Waals surface area (Å²) in [5.74, 6) is 2.97. The van der Waals surface area contributed by atoms with Crippen molar-refractivity contribution in [2.45, 2.75) is 25.4 Å². The van der Waals surface area contributed by atoms with Crippen LogP contribution in [0.2, 0.25) is 0 Å². The van der Waals surface area contributed by atoms with Gasteiger partial charge in [0.05, 0.1) is 13.2 Å². The molecular formula is C18H20O2. The number of benzene rings is 2. The lowest BCUT2D eigenvalue weighted by molar-refractivity contribution is 0.137. The maximum absolute atomic E-state index is 10.6. The van der Waals surface area contributed by atoms with Gasteiger partial charge in [-0.05, 0) is 65.1 Å². The van der Waals surface area contributed by atoms with Gasteiger partial charge in [0.1, 0.15) is 5.75 Å². The first-order chi connectivity index (χ1) is 9.78. The average Bonchev–Trinajstić information content (AvgIpc) is 2.97. The van der Waals surface area contributed by atoms with Crippen molar-refractivity contribution in [3.63, 3.8) is 0 Å². The zero-order valence-corrected chi connectivity index (χ0v) is 11.8. The Hall–Kier alpha value is -1.54. The van der Waals surface area contributed by atoms with Gasteiger partial charge in [-0.25, -0.2) is 0 Å². The Morgan fingerprint density at radius 3 is 2.50 bits per heavy atom. The first kappa shape index (κ1) is 12.2. The maximum Gasteiger partial charge on any atom is 0.119 e. The van der Waals surface area contributed by atoms with Crippen molar-refractivity contribution in [3.05, 3.63) is 42.0 Å². The van der Waals surface area contributed by atoms with E-state index in [1.54, 1.807) is 7.11 Å². The molecule has 4 rings (SSSR count). The Balaban J connectivity index is 1.64. The van der Waals surface area contributed by atoms with Gasteiger partial charge in [-0.1, -0.05) is 24.6 Å². The van der Waals surface area contributed by atoms with Crippen LogP contribution in [0.25, 0.3) is 10.8 Å². The second-order valence-electron chi connectivity index (χ2n) is 6.25. The Bertz CT molecular complexity index is 639. The van der Waals surface area contributed by atoms with Gasteiger partial charge in [-0.2, -0.15) is 0 Å². The van der Waals surface area contributed by atoms with Crippen LogP contribution in [0.15, 0.2) is 36.4 Å². The highest BCUT2D eigenvalue weighted by atomic mass is 16.5. The summed E-state index contributed by atoms with van der Waals surface area (Å²) >= 11 is 0. The van der Waals surface area contributed by atoms with Crippen molar-refractivity contribution in [3.8, 4) is 5.75 Å². The quantitative estimate of drug-likeness (QED) is 0.914. The van der Waals surface area contributed by atoms with Gasteiger partial charge in [-0.3, -0.25) is 0 Å². The van der Waals surface area contributed by atoms with Crippen molar-refractivity contribution >= 4 is 10.8 Å². The maximum atomic E-state index is 10.6. The van der Waals surface area contributed by atoms with E-state index in [-0.39, 0.29) is 6.10 Å². The smallest absolute Gasteiger partial charge is 0.119 e. The molecule has 2 heteroatoms.